The zero-order chi connectivity index (χ0) is 55.8. The van der Waals surface area contributed by atoms with Gasteiger partial charge >= 0.3 is 23.5 Å². The van der Waals surface area contributed by atoms with Crippen LogP contribution < -0.4 is 38.9 Å². The molecule has 34 nitrogen and oxygen atoms in total. The molecule has 2 aliphatic heterocycles. The Morgan fingerprint density at radius 1 is 0.827 bits per heavy atom. The van der Waals surface area contributed by atoms with Crippen LogP contribution >= 0.6 is 35.2 Å². The van der Waals surface area contributed by atoms with Gasteiger partial charge in [-0.2, -0.15) is 16.1 Å². The van der Waals surface area contributed by atoms with Crippen molar-refractivity contribution >= 4 is 69.9 Å². The standard InChI is InChI=1S/C37H66N11O23P3S/c1-37(2,13-66-74(63,64)71-73(61,62)65-12-19-30(70-72(58,59)60)28(55)35(67-19)48-15-47-23-32(41)45-14-46-33(23)48)31(56)34(57)43-6-5-21(50)42-7-9-75-8-3-4-20(49)44-11-18-25(52)26(53)22(40)36(68-18)69-29-17(39)10-16(38)24(51)27(29)54/h14-19,22,24-31,35-36,51-56H,3-13,38-40H2,1-2H3,(H,42,50)(H,43,57)(H,44,49)(H,61,62)(H,63,64)(H2,41,45,46)(H2,58,59,60)/t16-,17+,18-,19-,22-,24+,25-,26-,27-,28-,29-,30-,31-,35-,36-/m1/s1. The third-order valence-electron chi connectivity index (χ3n) is 12.0. The summed E-state index contributed by atoms with van der Waals surface area (Å²) in [5.74, 6) is -0.939. The van der Waals surface area contributed by atoms with Crippen molar-refractivity contribution in [3.05, 3.63) is 12.7 Å². The summed E-state index contributed by atoms with van der Waals surface area (Å²) in [6.45, 7) is 0.143. The summed E-state index contributed by atoms with van der Waals surface area (Å²) < 4.78 is 73.9. The van der Waals surface area contributed by atoms with Crippen molar-refractivity contribution in [2.24, 2.45) is 22.6 Å². The van der Waals surface area contributed by atoms with Crippen molar-refractivity contribution < 1.29 is 110 Å². The van der Waals surface area contributed by atoms with Crippen molar-refractivity contribution in [3.8, 4) is 0 Å². The number of nitrogen functional groups attached to an aromatic ring is 1. The maximum Gasteiger partial charge on any atom is 0.481 e. The van der Waals surface area contributed by atoms with E-state index in [0.717, 1.165) is 17.2 Å². The zero-order valence-electron chi connectivity index (χ0n) is 40.2. The van der Waals surface area contributed by atoms with Crippen molar-refractivity contribution in [3.63, 3.8) is 0 Å². The van der Waals surface area contributed by atoms with Crippen LogP contribution in [-0.4, -0.2) is 217 Å². The number of hydrogen-bond donors (Lipinski definition) is 17. The van der Waals surface area contributed by atoms with E-state index in [9.17, 15) is 78.3 Å². The van der Waals surface area contributed by atoms with Gasteiger partial charge in [-0.1, -0.05) is 13.8 Å². The number of phosphoric ester groups is 3. The Kier molecular flexibility index (Phi) is 22.4. The van der Waals surface area contributed by atoms with Crippen molar-refractivity contribution in [1.82, 2.24) is 35.5 Å². The van der Waals surface area contributed by atoms with Crippen molar-refractivity contribution in [2.75, 3.05) is 50.1 Å². The van der Waals surface area contributed by atoms with Crippen LogP contribution in [0.15, 0.2) is 12.7 Å². The predicted molar refractivity (Wildman–Crippen MR) is 255 cm³/mol. The summed E-state index contributed by atoms with van der Waals surface area (Å²) in [5.41, 5.74) is 22.1. The van der Waals surface area contributed by atoms with Gasteiger partial charge in [0.25, 0.3) is 0 Å². The normalized spacial score (nSPS) is 31.6. The van der Waals surface area contributed by atoms with Gasteiger partial charge in [0.05, 0.1) is 31.7 Å². The van der Waals surface area contributed by atoms with E-state index in [1.807, 2.05) is 0 Å². The number of fused-ring (bicyclic) bond motifs is 1. The van der Waals surface area contributed by atoms with Crippen LogP contribution in [0.3, 0.4) is 0 Å². The molecule has 0 radical (unpaired) electrons. The maximum absolute atomic E-state index is 12.8. The number of aliphatic hydroxyl groups excluding tert-OH is 6. The first kappa shape index (κ1) is 62.8. The summed E-state index contributed by atoms with van der Waals surface area (Å²) in [6, 6.07) is -2.83. The number of carbonyl (C=O) groups excluding carboxylic acids is 3. The van der Waals surface area contributed by atoms with Crippen LogP contribution in [0.1, 0.15) is 45.8 Å². The molecule has 2 aromatic rings. The Balaban J connectivity index is 0.945. The van der Waals surface area contributed by atoms with E-state index in [2.05, 4.69) is 39.7 Å². The molecule has 1 aliphatic carbocycles. The van der Waals surface area contributed by atoms with Crippen LogP contribution in [0.5, 0.6) is 0 Å². The lowest BCUT2D eigenvalue weighted by molar-refractivity contribution is -0.288. The molecule has 17 atom stereocenters. The van der Waals surface area contributed by atoms with Gasteiger partial charge in [0.2, 0.25) is 17.7 Å². The molecule has 428 valence electrons. The van der Waals surface area contributed by atoms with Gasteiger partial charge in [0.1, 0.15) is 66.8 Å². The van der Waals surface area contributed by atoms with Gasteiger partial charge < -0.3 is 103 Å². The molecular weight excluding hydrogens is 1090 g/mol. The van der Waals surface area contributed by atoms with E-state index in [1.54, 1.807) is 0 Å². The maximum atomic E-state index is 12.8. The second kappa shape index (κ2) is 26.8. The van der Waals surface area contributed by atoms with E-state index in [-0.39, 0.29) is 61.8 Å². The minimum Gasteiger partial charge on any atom is -0.389 e. The van der Waals surface area contributed by atoms with Crippen molar-refractivity contribution in [2.45, 2.75) is 131 Å². The number of nitrogens with zero attached hydrogens (tertiary/aromatic N) is 4. The smallest absolute Gasteiger partial charge is 0.389 e. The van der Waals surface area contributed by atoms with Gasteiger partial charge in [0.15, 0.2) is 24.0 Å². The van der Waals surface area contributed by atoms with E-state index in [0.29, 0.717) is 17.9 Å². The van der Waals surface area contributed by atoms with Crippen molar-refractivity contribution in [1.29, 1.82) is 0 Å². The lowest BCUT2D eigenvalue weighted by Crippen LogP contribution is -2.67. The number of phosphoric acid groups is 3. The number of rotatable bonds is 27. The first-order chi connectivity index (χ1) is 34.9. The van der Waals surface area contributed by atoms with Crippen LogP contribution in [0, 0.1) is 5.41 Å². The molecule has 0 spiro atoms. The second-order valence-electron chi connectivity index (χ2n) is 18.3. The molecule has 5 rings (SSSR count). The molecule has 4 heterocycles. The van der Waals surface area contributed by atoms with Crippen LogP contribution in [0.4, 0.5) is 5.82 Å². The van der Waals surface area contributed by atoms with E-state index in [1.165, 1.54) is 25.6 Å². The number of anilines is 1. The number of amides is 3. The fourth-order valence-corrected chi connectivity index (χ4v) is 11.4. The highest BCUT2D eigenvalue weighted by Crippen LogP contribution is 2.61. The Bertz CT molecular complexity index is 2400. The Labute approximate surface area is 431 Å². The number of hydrogen-bond acceptors (Lipinski definition) is 27. The van der Waals surface area contributed by atoms with Crippen LogP contribution in [0.25, 0.3) is 11.2 Å². The SMILES string of the molecule is CC(C)(COP(=O)(O)OP(=O)(O)OC[C@H]1O[C@@H](n2cnc3c(N)ncnc32)[C@H](O)[C@@H]1OP(=O)(O)O)[C@H](O)C(=O)NCCC(=O)NCCSCCCC(=O)NC[C@H]1O[C@H](O[C@H]2[C@H](O)[C@@H](O)[C@H](N)C[C@@H]2N)[C@H](N)[C@@H](O)[C@@H]1O. The highest BCUT2D eigenvalue weighted by atomic mass is 32.2. The number of imidazole rings is 1. The number of nitrogens with two attached hydrogens (primary N) is 4. The van der Waals surface area contributed by atoms with E-state index in [4.69, 9.17) is 46.2 Å². The topological polar surface area (TPSA) is 553 Å². The van der Waals surface area contributed by atoms with Gasteiger partial charge in [-0.3, -0.25) is 32.5 Å². The molecule has 21 N–H and O–H groups in total. The average Bonchev–Trinajstić information content (AvgIpc) is 3.89. The molecule has 0 bridgehead atoms. The summed E-state index contributed by atoms with van der Waals surface area (Å²) in [6.07, 6.45) is -16.0. The highest BCUT2D eigenvalue weighted by molar-refractivity contribution is 7.99. The Morgan fingerprint density at radius 3 is 2.20 bits per heavy atom. The molecule has 2 saturated heterocycles. The van der Waals surface area contributed by atoms with Gasteiger partial charge in [-0.05, 0) is 18.6 Å². The number of aliphatic hydroxyl groups is 6. The van der Waals surface area contributed by atoms with Crippen LogP contribution in [0.2, 0.25) is 0 Å². The third-order valence-corrected chi connectivity index (χ3v) is 16.1. The molecule has 1 saturated carbocycles. The molecule has 2 unspecified atom stereocenters. The number of aromatic nitrogens is 4. The lowest BCUT2D eigenvalue weighted by Gasteiger charge is -2.45. The molecule has 38 heteroatoms. The molecular formula is C37H66N11O23P3S. The van der Waals surface area contributed by atoms with E-state index >= 15 is 0 Å². The van der Waals surface area contributed by atoms with Crippen LogP contribution in [-0.2, 0) is 60.2 Å². The second-order valence-corrected chi connectivity index (χ2v) is 23.8. The third kappa shape index (κ3) is 17.5. The Hall–Kier alpha value is -3.00. The minimum absolute atomic E-state index is 0.0126. The van der Waals surface area contributed by atoms with E-state index < -0.39 is 146 Å². The molecule has 2 aromatic heterocycles. The molecule has 3 fully saturated rings. The molecule has 75 heavy (non-hydrogen) atoms. The number of ether oxygens (including phenoxy) is 3. The number of nitrogens with one attached hydrogen (secondary N) is 3. The molecule has 3 aliphatic rings. The van der Waals surface area contributed by atoms with Gasteiger partial charge in [0, 0.05) is 55.7 Å². The number of thioether (sulfide) groups is 1. The molecule has 3 amide bonds. The van der Waals surface area contributed by atoms with Gasteiger partial charge in [-0.15, -0.1) is 0 Å². The van der Waals surface area contributed by atoms with Gasteiger partial charge in [-0.25, -0.2) is 28.6 Å². The predicted octanol–water partition coefficient (Wildman–Crippen LogP) is -6.03. The largest absolute Gasteiger partial charge is 0.481 e. The Morgan fingerprint density at radius 2 is 1.51 bits per heavy atom. The quantitative estimate of drug-likeness (QED) is 0.0292. The summed E-state index contributed by atoms with van der Waals surface area (Å²) in [5, 5.41) is 70.9. The molecule has 0 aromatic carbocycles. The fourth-order valence-electron chi connectivity index (χ4n) is 7.81. The summed E-state index contributed by atoms with van der Waals surface area (Å²) in [4.78, 5) is 88.8. The minimum atomic E-state index is -5.62. The fraction of sp³-hybridized carbons (Fsp3) is 0.784. The average molecular weight is 1160 g/mol. The summed E-state index contributed by atoms with van der Waals surface area (Å²) >= 11 is 1.43. The zero-order valence-corrected chi connectivity index (χ0v) is 43.7. The first-order valence-corrected chi connectivity index (χ1v) is 28.6. The lowest BCUT2D eigenvalue weighted by atomic mass is 9.84. The monoisotopic (exact) mass is 1160 g/mol. The number of carbonyl (C=O) groups is 3. The summed E-state index contributed by atoms with van der Waals surface area (Å²) in [7, 11) is -16.5. The first-order valence-electron chi connectivity index (χ1n) is 22.9. The highest BCUT2D eigenvalue weighted by Gasteiger charge is 2.51.